The third-order valence-electron chi connectivity index (χ3n) is 3.59. The number of benzene rings is 1. The summed E-state index contributed by atoms with van der Waals surface area (Å²) in [5, 5.41) is 6.80. The van der Waals surface area contributed by atoms with Crippen molar-refractivity contribution in [2.45, 2.75) is 38.6 Å². The van der Waals surface area contributed by atoms with Crippen LogP contribution < -0.4 is 5.32 Å². The van der Waals surface area contributed by atoms with Gasteiger partial charge in [0.15, 0.2) is 0 Å². The summed E-state index contributed by atoms with van der Waals surface area (Å²) in [6.07, 6.45) is 2.34. The summed E-state index contributed by atoms with van der Waals surface area (Å²) in [6, 6.07) is 5.92. The first-order valence-electron chi connectivity index (χ1n) is 7.99. The predicted octanol–water partition coefficient (Wildman–Crippen LogP) is 2.74. The first kappa shape index (κ1) is 18.1. The van der Waals surface area contributed by atoms with Crippen molar-refractivity contribution < 1.29 is 18.4 Å². The minimum absolute atomic E-state index is 0.0165. The van der Waals surface area contributed by atoms with Crippen LogP contribution in [0.25, 0.3) is 11.4 Å². The maximum absolute atomic E-state index is 12.9. The van der Waals surface area contributed by atoms with Gasteiger partial charge < -0.3 is 14.6 Å². The van der Waals surface area contributed by atoms with Crippen molar-refractivity contribution in [3.63, 3.8) is 0 Å². The van der Waals surface area contributed by atoms with Crippen molar-refractivity contribution in [3.8, 4) is 11.4 Å². The van der Waals surface area contributed by atoms with Crippen LogP contribution in [0.4, 0.5) is 4.39 Å². The molecule has 0 unspecified atom stereocenters. The number of rotatable bonds is 9. The smallest absolute Gasteiger partial charge is 0.226 e. The van der Waals surface area contributed by atoms with Crippen molar-refractivity contribution >= 4 is 5.91 Å². The van der Waals surface area contributed by atoms with Crippen molar-refractivity contribution in [3.05, 3.63) is 36.0 Å². The minimum Gasteiger partial charge on any atom is -0.383 e. The zero-order valence-electron chi connectivity index (χ0n) is 13.9. The molecule has 2 rings (SSSR count). The fraction of sp³-hybridized carbons (Fsp3) is 0.471. The Balaban J connectivity index is 1.79. The highest BCUT2D eigenvalue weighted by atomic mass is 19.1. The molecule has 130 valence electrons. The van der Waals surface area contributed by atoms with Crippen LogP contribution in [0, 0.1) is 5.82 Å². The number of nitrogens with zero attached hydrogens (tertiary/aromatic N) is 2. The molecule has 7 heteroatoms. The fourth-order valence-corrected chi connectivity index (χ4v) is 2.24. The number of aryl methyl sites for hydroxylation is 1. The molecule has 2 aromatic rings. The van der Waals surface area contributed by atoms with Gasteiger partial charge in [0.05, 0.1) is 12.6 Å². The summed E-state index contributed by atoms with van der Waals surface area (Å²) >= 11 is 0. The van der Waals surface area contributed by atoms with Crippen LogP contribution in [0.3, 0.4) is 0 Å². The number of carbonyl (C=O) groups is 1. The molecule has 0 saturated carbocycles. The molecule has 0 aliphatic carbocycles. The van der Waals surface area contributed by atoms with Gasteiger partial charge in [-0.25, -0.2) is 4.39 Å². The molecule has 0 spiro atoms. The summed E-state index contributed by atoms with van der Waals surface area (Å²) in [4.78, 5) is 16.1. The van der Waals surface area contributed by atoms with Crippen LogP contribution in [-0.4, -0.2) is 35.8 Å². The van der Waals surface area contributed by atoms with E-state index in [9.17, 15) is 9.18 Å². The number of methoxy groups -OCH3 is 1. The molecule has 24 heavy (non-hydrogen) atoms. The normalized spacial score (nSPS) is 12.1. The van der Waals surface area contributed by atoms with Gasteiger partial charge in [0.1, 0.15) is 5.82 Å². The van der Waals surface area contributed by atoms with Crippen molar-refractivity contribution in [1.29, 1.82) is 0 Å². The van der Waals surface area contributed by atoms with Gasteiger partial charge in [-0.2, -0.15) is 4.98 Å². The average molecular weight is 335 g/mol. The number of ether oxygens (including phenoxy) is 1. The fourth-order valence-electron chi connectivity index (χ4n) is 2.24. The van der Waals surface area contributed by atoms with E-state index >= 15 is 0 Å². The van der Waals surface area contributed by atoms with Crippen LogP contribution in [-0.2, 0) is 16.0 Å². The Morgan fingerprint density at radius 3 is 2.79 bits per heavy atom. The number of aromatic nitrogens is 2. The summed E-state index contributed by atoms with van der Waals surface area (Å²) in [7, 11) is 1.61. The first-order valence-corrected chi connectivity index (χ1v) is 7.99. The van der Waals surface area contributed by atoms with Gasteiger partial charge in [-0.1, -0.05) is 12.1 Å². The number of hydrogen-bond donors (Lipinski definition) is 1. The van der Waals surface area contributed by atoms with Crippen molar-refractivity contribution in [1.82, 2.24) is 15.5 Å². The molecule has 0 bridgehead atoms. The quantitative estimate of drug-likeness (QED) is 0.762. The molecule has 6 nitrogen and oxygen atoms in total. The number of halogens is 1. The highest BCUT2D eigenvalue weighted by Gasteiger charge is 2.12. The Hall–Kier alpha value is -2.28. The minimum atomic E-state index is -0.313. The van der Waals surface area contributed by atoms with Gasteiger partial charge in [-0.3, -0.25) is 4.79 Å². The van der Waals surface area contributed by atoms with E-state index in [2.05, 4.69) is 15.5 Å². The molecule has 1 amide bonds. The van der Waals surface area contributed by atoms with Gasteiger partial charge in [0, 0.05) is 25.5 Å². The molecule has 0 fully saturated rings. The van der Waals surface area contributed by atoms with E-state index in [1.165, 1.54) is 12.1 Å². The van der Waals surface area contributed by atoms with Gasteiger partial charge in [0.25, 0.3) is 0 Å². The first-order chi connectivity index (χ1) is 11.6. The van der Waals surface area contributed by atoms with Gasteiger partial charge >= 0.3 is 0 Å². The lowest BCUT2D eigenvalue weighted by atomic mass is 10.2. The Labute approximate surface area is 140 Å². The largest absolute Gasteiger partial charge is 0.383 e. The van der Waals surface area contributed by atoms with E-state index < -0.39 is 0 Å². The number of carbonyl (C=O) groups excluding carboxylic acids is 1. The van der Waals surface area contributed by atoms with E-state index in [1.807, 2.05) is 6.92 Å². The van der Waals surface area contributed by atoms with Crippen molar-refractivity contribution in [2.24, 2.45) is 0 Å². The lowest BCUT2D eigenvalue weighted by Gasteiger charge is -2.15. The van der Waals surface area contributed by atoms with Gasteiger partial charge in [0.2, 0.25) is 17.6 Å². The molecule has 0 saturated heterocycles. The molecule has 1 N–H and O–H groups in total. The molecular weight excluding hydrogens is 313 g/mol. The second-order valence-corrected chi connectivity index (χ2v) is 5.50. The summed E-state index contributed by atoms with van der Waals surface area (Å²) < 4.78 is 23.1. The van der Waals surface area contributed by atoms with Gasteiger partial charge in [-0.15, -0.1) is 0 Å². The molecule has 0 aliphatic heterocycles. The van der Waals surface area contributed by atoms with Crippen LogP contribution >= 0.6 is 0 Å². The summed E-state index contributed by atoms with van der Waals surface area (Å²) in [6.45, 7) is 2.51. The highest BCUT2D eigenvalue weighted by Crippen LogP contribution is 2.16. The highest BCUT2D eigenvalue weighted by molar-refractivity contribution is 5.76. The number of nitrogens with one attached hydrogen (secondary N) is 1. The zero-order valence-corrected chi connectivity index (χ0v) is 13.9. The molecule has 1 aromatic heterocycles. The standard InChI is InChI=1S/C17H22FN3O3/c1-3-14(11-23-2)19-15(22)5-4-6-16-20-17(21-24-16)12-7-9-13(18)10-8-12/h7-10,14H,3-6,11H2,1-2H3,(H,19,22)/t14-/m0/s1. The maximum atomic E-state index is 12.9. The van der Waals surface area contributed by atoms with E-state index in [0.29, 0.717) is 43.1 Å². The second kappa shape index (κ2) is 9.12. The van der Waals surface area contributed by atoms with Gasteiger partial charge in [-0.05, 0) is 37.1 Å². The molecule has 0 radical (unpaired) electrons. The third kappa shape index (κ3) is 5.42. The van der Waals surface area contributed by atoms with Crippen LogP contribution in [0.5, 0.6) is 0 Å². The topological polar surface area (TPSA) is 77.2 Å². The number of amides is 1. The maximum Gasteiger partial charge on any atom is 0.226 e. The van der Waals surface area contributed by atoms with E-state index in [-0.39, 0.29) is 17.8 Å². The SMILES string of the molecule is CC[C@@H](COC)NC(=O)CCCc1nc(-c2ccc(F)cc2)no1. The molecular formula is C17H22FN3O3. The molecule has 1 atom stereocenters. The summed E-state index contributed by atoms with van der Waals surface area (Å²) in [5.74, 6) is 0.552. The van der Waals surface area contributed by atoms with E-state index in [1.54, 1.807) is 19.2 Å². The van der Waals surface area contributed by atoms with Crippen molar-refractivity contribution in [2.75, 3.05) is 13.7 Å². The van der Waals surface area contributed by atoms with Crippen LogP contribution in [0.1, 0.15) is 32.1 Å². The Bertz CT molecular complexity index is 643. The lowest BCUT2D eigenvalue weighted by Crippen LogP contribution is -2.37. The third-order valence-corrected chi connectivity index (χ3v) is 3.59. The molecule has 1 aromatic carbocycles. The molecule has 0 aliphatic rings. The second-order valence-electron chi connectivity index (χ2n) is 5.50. The zero-order chi connectivity index (χ0) is 17.4. The molecule has 1 heterocycles. The summed E-state index contributed by atoms with van der Waals surface area (Å²) in [5.41, 5.74) is 0.689. The van der Waals surface area contributed by atoms with E-state index in [0.717, 1.165) is 6.42 Å². The monoisotopic (exact) mass is 335 g/mol. The van der Waals surface area contributed by atoms with Crippen LogP contribution in [0.2, 0.25) is 0 Å². The van der Waals surface area contributed by atoms with Crippen LogP contribution in [0.15, 0.2) is 28.8 Å². The predicted molar refractivity (Wildman–Crippen MR) is 86.7 cm³/mol. The Morgan fingerprint density at radius 1 is 1.38 bits per heavy atom. The Morgan fingerprint density at radius 2 is 2.12 bits per heavy atom. The average Bonchev–Trinajstić information content (AvgIpc) is 3.04. The lowest BCUT2D eigenvalue weighted by molar-refractivity contribution is -0.122. The van der Waals surface area contributed by atoms with E-state index in [4.69, 9.17) is 9.26 Å². The Kier molecular flexibility index (Phi) is 6.87. The number of hydrogen-bond acceptors (Lipinski definition) is 5.